The van der Waals surface area contributed by atoms with E-state index < -0.39 is 10.8 Å². The van der Waals surface area contributed by atoms with Crippen molar-refractivity contribution >= 4 is 34.7 Å². The zero-order valence-corrected chi connectivity index (χ0v) is 37.8. The molecule has 69 heavy (non-hydrogen) atoms. The third-order valence-corrected chi connectivity index (χ3v) is 15.9. The van der Waals surface area contributed by atoms with Crippen LogP contribution in [0.1, 0.15) is 74.0 Å². The zero-order valence-electron chi connectivity index (χ0n) is 37.8. The first-order valence-corrected chi connectivity index (χ1v) is 24.3. The summed E-state index contributed by atoms with van der Waals surface area (Å²) in [6.07, 6.45) is 3.16. The molecule has 6 aliphatic heterocycles. The molecule has 0 amide bonds. The average molecular weight is 891 g/mol. The molecule has 330 valence electrons. The summed E-state index contributed by atoms with van der Waals surface area (Å²) in [5, 5.41) is 3.74. The molecule has 0 radical (unpaired) electrons. The summed E-state index contributed by atoms with van der Waals surface area (Å²) in [5.74, 6) is 3.60. The first kappa shape index (κ1) is 38.9. The van der Waals surface area contributed by atoms with E-state index in [0.29, 0.717) is 0 Å². The van der Waals surface area contributed by atoms with Crippen LogP contribution in [0.15, 0.2) is 217 Å². The Hall–Kier alpha value is -8.19. The van der Waals surface area contributed by atoms with Gasteiger partial charge in [-0.2, -0.15) is 0 Å². The minimum Gasteiger partial charge on any atom is -0.457 e. The molecule has 6 heterocycles. The molecule has 6 nitrogen and oxygen atoms in total. The molecule has 3 unspecified atom stereocenters. The smallest absolute Gasteiger partial charge is 0.132 e. The van der Waals surface area contributed by atoms with Crippen molar-refractivity contribution in [3.05, 3.63) is 268 Å². The highest BCUT2D eigenvalue weighted by molar-refractivity contribution is 5.93. The van der Waals surface area contributed by atoms with E-state index in [2.05, 4.69) is 234 Å². The Kier molecular flexibility index (Phi) is 8.26. The second-order valence-electron chi connectivity index (χ2n) is 19.2. The van der Waals surface area contributed by atoms with Crippen molar-refractivity contribution in [1.82, 2.24) is 5.32 Å². The van der Waals surface area contributed by atoms with Gasteiger partial charge >= 0.3 is 0 Å². The van der Waals surface area contributed by atoms with Crippen LogP contribution < -0.4 is 24.6 Å². The van der Waals surface area contributed by atoms with Gasteiger partial charge in [-0.1, -0.05) is 158 Å². The molecule has 0 aromatic heterocycles. The van der Waals surface area contributed by atoms with Gasteiger partial charge in [-0.15, -0.1) is 0 Å². The molecule has 9 aromatic rings. The van der Waals surface area contributed by atoms with Crippen LogP contribution >= 0.6 is 0 Å². The van der Waals surface area contributed by atoms with E-state index in [0.717, 1.165) is 53.6 Å². The van der Waals surface area contributed by atoms with Gasteiger partial charge in [-0.05, 0) is 94.4 Å². The van der Waals surface area contributed by atoms with Crippen molar-refractivity contribution < 1.29 is 9.47 Å². The second-order valence-corrected chi connectivity index (χ2v) is 19.2. The van der Waals surface area contributed by atoms with E-state index >= 15 is 0 Å². The maximum absolute atomic E-state index is 6.69. The number of ether oxygens (including phenoxy) is 2. The van der Waals surface area contributed by atoms with Gasteiger partial charge < -0.3 is 24.6 Å². The van der Waals surface area contributed by atoms with Crippen molar-refractivity contribution in [3.8, 4) is 23.0 Å². The number of fused-ring (bicyclic) bond motifs is 16. The SMILES string of the molecule is C1=NCCC(N2c3ccccc3C3(c4ccccc4Oc4ccccc43)c3ccccc32)C1c1ccc(N2c3ccccc3C3(c4ccccc4Oc4ccccc43)c3ccccc32)c(C2CN2)c1. The van der Waals surface area contributed by atoms with Crippen LogP contribution in [0.5, 0.6) is 23.0 Å². The van der Waals surface area contributed by atoms with Crippen LogP contribution in [0.3, 0.4) is 0 Å². The summed E-state index contributed by atoms with van der Waals surface area (Å²) < 4.78 is 13.4. The fraction of sp³-hybridized carbons (Fsp3) is 0.127. The second kappa shape index (κ2) is 14.7. The Balaban J connectivity index is 0.894. The number of rotatable bonds is 4. The molecule has 0 saturated carbocycles. The van der Waals surface area contributed by atoms with Crippen molar-refractivity contribution in [3.63, 3.8) is 0 Å². The minimum absolute atomic E-state index is 0.0224. The molecular weight excluding hydrogens is 845 g/mol. The van der Waals surface area contributed by atoms with E-state index in [-0.39, 0.29) is 18.0 Å². The summed E-state index contributed by atoms with van der Waals surface area (Å²) in [6, 6.07) is 78.3. The lowest BCUT2D eigenvalue weighted by Crippen LogP contribution is -2.46. The Morgan fingerprint density at radius 1 is 0.435 bits per heavy atom. The van der Waals surface area contributed by atoms with Crippen molar-refractivity contribution in [1.29, 1.82) is 0 Å². The standard InChI is InChI=1S/C63H46N4O2/c1-9-25-54-43(17-1)62(47-21-5-13-29-58(47)68-59-30-14-6-22-48(59)62)44-18-2-10-26-55(44)66(54)52-34-33-40(37-41(52)51-39-65-51)42-38-64-36-35-53(42)67-56-27-11-3-19-45(56)63(46-20-4-12-28-57(46)67)49-23-7-15-31-60(49)69-61-32-16-8-24-50(61)63/h1-34,37-38,42,51,53,65H,35-36,39H2. The van der Waals surface area contributed by atoms with Gasteiger partial charge in [0.05, 0.1) is 27.9 Å². The minimum atomic E-state index is -0.590. The van der Waals surface area contributed by atoms with Crippen LogP contribution in [-0.4, -0.2) is 25.3 Å². The maximum Gasteiger partial charge on any atom is 0.132 e. The topological polar surface area (TPSA) is 59.2 Å². The average Bonchev–Trinajstić information content (AvgIpc) is 4.27. The molecule has 1 saturated heterocycles. The summed E-state index contributed by atoms with van der Waals surface area (Å²) in [5.41, 5.74) is 17.0. The Bertz CT molecular complexity index is 3420. The van der Waals surface area contributed by atoms with E-state index in [1.165, 1.54) is 72.9 Å². The van der Waals surface area contributed by atoms with Crippen LogP contribution in [0.25, 0.3) is 0 Å². The van der Waals surface area contributed by atoms with Gasteiger partial charge in [0, 0.05) is 70.9 Å². The molecule has 3 atom stereocenters. The van der Waals surface area contributed by atoms with E-state index in [1.54, 1.807) is 0 Å². The number of hydrogen-bond acceptors (Lipinski definition) is 6. The van der Waals surface area contributed by atoms with Gasteiger partial charge in [-0.25, -0.2) is 0 Å². The number of nitrogens with one attached hydrogen (secondary N) is 1. The molecule has 15 rings (SSSR count). The Morgan fingerprint density at radius 3 is 1.28 bits per heavy atom. The van der Waals surface area contributed by atoms with Gasteiger partial charge in [-0.3, -0.25) is 4.99 Å². The highest BCUT2D eigenvalue weighted by atomic mass is 16.5. The molecular formula is C63H46N4O2. The molecule has 2 spiro atoms. The van der Waals surface area contributed by atoms with Crippen LogP contribution in [0, 0.1) is 0 Å². The zero-order chi connectivity index (χ0) is 45.3. The molecule has 0 aliphatic carbocycles. The highest BCUT2D eigenvalue weighted by Crippen LogP contribution is 2.65. The molecule has 0 bridgehead atoms. The Labute approximate surface area is 401 Å². The first-order chi connectivity index (χ1) is 34.2. The molecule has 1 fully saturated rings. The summed E-state index contributed by atoms with van der Waals surface area (Å²) in [4.78, 5) is 10.3. The maximum atomic E-state index is 6.69. The normalized spacial score (nSPS) is 19.9. The largest absolute Gasteiger partial charge is 0.457 e. The monoisotopic (exact) mass is 890 g/mol. The van der Waals surface area contributed by atoms with Gasteiger partial charge in [0.15, 0.2) is 0 Å². The van der Waals surface area contributed by atoms with Gasteiger partial charge in [0.25, 0.3) is 0 Å². The lowest BCUT2D eigenvalue weighted by atomic mass is 9.61. The van der Waals surface area contributed by atoms with Gasteiger partial charge in [0.1, 0.15) is 23.0 Å². The van der Waals surface area contributed by atoms with Crippen molar-refractivity contribution in [2.75, 3.05) is 22.9 Å². The predicted molar refractivity (Wildman–Crippen MR) is 275 cm³/mol. The molecule has 6 heteroatoms. The fourth-order valence-corrected chi connectivity index (χ4v) is 13.1. The predicted octanol–water partition coefficient (Wildman–Crippen LogP) is 14.2. The summed E-state index contributed by atoms with van der Waals surface area (Å²) in [7, 11) is 0. The van der Waals surface area contributed by atoms with E-state index in [9.17, 15) is 0 Å². The van der Waals surface area contributed by atoms with E-state index in [4.69, 9.17) is 14.5 Å². The fourth-order valence-electron chi connectivity index (χ4n) is 13.1. The molecule has 1 N–H and O–H groups in total. The summed E-state index contributed by atoms with van der Waals surface area (Å²) >= 11 is 0. The van der Waals surface area contributed by atoms with Crippen molar-refractivity contribution in [2.45, 2.75) is 35.3 Å². The Morgan fingerprint density at radius 2 is 0.826 bits per heavy atom. The van der Waals surface area contributed by atoms with Gasteiger partial charge in [0.2, 0.25) is 0 Å². The highest BCUT2D eigenvalue weighted by Gasteiger charge is 2.54. The van der Waals surface area contributed by atoms with Crippen LogP contribution in [-0.2, 0) is 10.8 Å². The number of hydrogen-bond donors (Lipinski definition) is 1. The summed E-state index contributed by atoms with van der Waals surface area (Å²) in [6.45, 7) is 1.70. The van der Waals surface area contributed by atoms with E-state index in [1.807, 2.05) is 0 Å². The van der Waals surface area contributed by atoms with Crippen LogP contribution in [0.4, 0.5) is 28.4 Å². The number of anilines is 5. The lowest BCUT2D eigenvalue weighted by Gasteiger charge is -2.51. The number of aliphatic imine (C=N–C) groups is 1. The van der Waals surface area contributed by atoms with Crippen LogP contribution in [0.2, 0.25) is 0 Å². The number of para-hydroxylation sites is 8. The third-order valence-electron chi connectivity index (χ3n) is 15.9. The third kappa shape index (κ3) is 5.27. The lowest BCUT2D eigenvalue weighted by molar-refractivity contribution is 0.432. The quantitative estimate of drug-likeness (QED) is 0.178. The number of nitrogens with zero attached hydrogens (tertiary/aromatic N) is 3. The van der Waals surface area contributed by atoms with Crippen molar-refractivity contribution in [2.24, 2.45) is 4.99 Å². The molecule has 9 aromatic carbocycles. The number of benzene rings is 9. The molecule has 6 aliphatic rings. The first-order valence-electron chi connectivity index (χ1n) is 24.3.